The van der Waals surface area contributed by atoms with Crippen LogP contribution in [0.4, 0.5) is 4.79 Å². The molecule has 4 nitrogen and oxygen atoms in total. The number of unbranched alkanes of at least 4 members (excludes halogenated alkanes) is 12. The van der Waals surface area contributed by atoms with Crippen molar-refractivity contribution in [3.8, 4) is 5.75 Å². The smallest absolute Gasteiger partial charge is 0.319 e. The quantitative estimate of drug-likeness (QED) is 0.231. The standard InChI is InChI=1S/C29H48N2O2/c1-5-7-8-9-10-11-12-13-14-15-16-17-18-20-25-21-19-22-26(33-6-2)27(25)28-23(3)24(4)30-29(32)31-28/h19,21-22,28H,5-18,20H2,1-4H3,(H2,30,31,32). The third kappa shape index (κ3) is 9.43. The van der Waals surface area contributed by atoms with Gasteiger partial charge >= 0.3 is 6.03 Å². The number of amides is 2. The number of aryl methyl sites for hydroxylation is 1. The van der Waals surface area contributed by atoms with Gasteiger partial charge in [0.15, 0.2) is 0 Å². The third-order valence-corrected chi connectivity index (χ3v) is 6.90. The Bertz CT molecular complexity index is 741. The Hall–Kier alpha value is -1.97. The fourth-order valence-corrected chi connectivity index (χ4v) is 4.80. The number of benzene rings is 1. The van der Waals surface area contributed by atoms with Crippen molar-refractivity contribution in [1.82, 2.24) is 10.6 Å². The van der Waals surface area contributed by atoms with Crippen LogP contribution >= 0.6 is 0 Å². The molecule has 1 heterocycles. The van der Waals surface area contributed by atoms with Crippen LogP contribution < -0.4 is 15.4 Å². The summed E-state index contributed by atoms with van der Waals surface area (Å²) < 4.78 is 5.97. The predicted molar refractivity (Wildman–Crippen MR) is 140 cm³/mol. The first-order valence-electron chi connectivity index (χ1n) is 13.6. The van der Waals surface area contributed by atoms with Gasteiger partial charge in [0, 0.05) is 11.3 Å². The molecular weight excluding hydrogens is 408 g/mol. The number of rotatable bonds is 17. The van der Waals surface area contributed by atoms with Crippen LogP contribution in [-0.4, -0.2) is 12.6 Å². The molecule has 1 aromatic rings. The lowest BCUT2D eigenvalue weighted by Gasteiger charge is -2.30. The van der Waals surface area contributed by atoms with Crippen molar-refractivity contribution in [3.63, 3.8) is 0 Å². The van der Waals surface area contributed by atoms with Crippen LogP contribution in [0.5, 0.6) is 5.75 Å². The Morgan fingerprint density at radius 2 is 1.39 bits per heavy atom. The van der Waals surface area contributed by atoms with E-state index in [4.69, 9.17) is 4.74 Å². The summed E-state index contributed by atoms with van der Waals surface area (Å²) in [5.41, 5.74) is 4.50. The van der Waals surface area contributed by atoms with Gasteiger partial charge in [-0.25, -0.2) is 4.79 Å². The van der Waals surface area contributed by atoms with E-state index >= 15 is 0 Å². The van der Waals surface area contributed by atoms with E-state index in [2.05, 4.69) is 36.6 Å². The first-order chi connectivity index (χ1) is 16.1. The summed E-state index contributed by atoms with van der Waals surface area (Å²) in [7, 11) is 0. The monoisotopic (exact) mass is 456 g/mol. The predicted octanol–water partition coefficient (Wildman–Crippen LogP) is 8.37. The SMILES string of the molecule is CCCCCCCCCCCCCCCc1cccc(OCC)c1C1NC(=O)NC(C)=C1C. The van der Waals surface area contributed by atoms with E-state index in [0.717, 1.165) is 29.0 Å². The average Bonchev–Trinajstić information content (AvgIpc) is 2.80. The molecule has 0 saturated carbocycles. The number of hydrogen-bond donors (Lipinski definition) is 2. The highest BCUT2D eigenvalue weighted by Gasteiger charge is 2.28. The Morgan fingerprint density at radius 3 is 1.97 bits per heavy atom. The second-order valence-electron chi connectivity index (χ2n) is 9.59. The summed E-state index contributed by atoms with van der Waals surface area (Å²) in [6, 6.07) is 6.05. The molecule has 4 heteroatoms. The lowest BCUT2D eigenvalue weighted by molar-refractivity contribution is 0.238. The molecule has 186 valence electrons. The lowest BCUT2D eigenvalue weighted by Crippen LogP contribution is -2.43. The topological polar surface area (TPSA) is 50.4 Å². The summed E-state index contributed by atoms with van der Waals surface area (Å²) in [5.74, 6) is 0.893. The summed E-state index contributed by atoms with van der Waals surface area (Å²) in [6.07, 6.45) is 18.8. The van der Waals surface area contributed by atoms with Gasteiger partial charge in [0.2, 0.25) is 0 Å². The molecule has 0 fully saturated rings. The first-order valence-corrected chi connectivity index (χ1v) is 13.6. The van der Waals surface area contributed by atoms with Crippen molar-refractivity contribution < 1.29 is 9.53 Å². The van der Waals surface area contributed by atoms with Gasteiger partial charge in [-0.15, -0.1) is 0 Å². The van der Waals surface area contributed by atoms with Crippen LogP contribution in [0.3, 0.4) is 0 Å². The Balaban J connectivity index is 1.78. The number of hydrogen-bond acceptors (Lipinski definition) is 2. The second-order valence-corrected chi connectivity index (χ2v) is 9.59. The van der Waals surface area contributed by atoms with Crippen LogP contribution in [0.2, 0.25) is 0 Å². The van der Waals surface area contributed by atoms with Crippen LogP contribution in [0.15, 0.2) is 29.5 Å². The van der Waals surface area contributed by atoms with E-state index in [9.17, 15) is 4.79 Å². The zero-order valence-electron chi connectivity index (χ0n) is 21.7. The molecule has 0 aromatic heterocycles. The molecule has 1 aliphatic rings. The minimum atomic E-state index is -0.138. The molecule has 1 aromatic carbocycles. The molecule has 0 spiro atoms. The maximum absolute atomic E-state index is 12.2. The molecule has 0 radical (unpaired) electrons. The van der Waals surface area contributed by atoms with Gasteiger partial charge in [0.1, 0.15) is 5.75 Å². The number of allylic oxidation sites excluding steroid dienone is 1. The first kappa shape index (κ1) is 27.3. The molecule has 1 aliphatic heterocycles. The summed E-state index contributed by atoms with van der Waals surface area (Å²) in [6.45, 7) is 8.97. The molecular formula is C29H48N2O2. The molecule has 33 heavy (non-hydrogen) atoms. The third-order valence-electron chi connectivity index (χ3n) is 6.90. The van der Waals surface area contributed by atoms with Crippen LogP contribution in [0.1, 0.15) is 128 Å². The summed E-state index contributed by atoms with van der Waals surface area (Å²) in [4.78, 5) is 12.2. The summed E-state index contributed by atoms with van der Waals surface area (Å²) in [5, 5.41) is 6.00. The van der Waals surface area contributed by atoms with Crippen molar-refractivity contribution >= 4 is 6.03 Å². The number of carbonyl (C=O) groups excluding carboxylic acids is 1. The van der Waals surface area contributed by atoms with Gasteiger partial charge in [-0.2, -0.15) is 0 Å². The highest BCUT2D eigenvalue weighted by atomic mass is 16.5. The number of nitrogens with one attached hydrogen (secondary N) is 2. The van der Waals surface area contributed by atoms with Crippen LogP contribution in [-0.2, 0) is 6.42 Å². The minimum Gasteiger partial charge on any atom is -0.493 e. The molecule has 1 unspecified atom stereocenters. The van der Waals surface area contributed by atoms with Crippen molar-refractivity contribution in [1.29, 1.82) is 0 Å². The Kier molecular flexibility index (Phi) is 13.1. The van der Waals surface area contributed by atoms with Crippen molar-refractivity contribution in [3.05, 3.63) is 40.6 Å². The highest BCUT2D eigenvalue weighted by Crippen LogP contribution is 2.36. The van der Waals surface area contributed by atoms with E-state index < -0.39 is 0 Å². The molecule has 2 rings (SSSR count). The molecule has 0 saturated heterocycles. The average molecular weight is 457 g/mol. The van der Waals surface area contributed by atoms with E-state index in [1.807, 2.05) is 19.9 Å². The lowest BCUT2D eigenvalue weighted by atomic mass is 9.89. The van der Waals surface area contributed by atoms with Crippen LogP contribution in [0.25, 0.3) is 0 Å². The van der Waals surface area contributed by atoms with Gasteiger partial charge in [-0.1, -0.05) is 96.1 Å². The van der Waals surface area contributed by atoms with E-state index in [0.29, 0.717) is 6.61 Å². The number of ether oxygens (including phenoxy) is 1. The summed E-state index contributed by atoms with van der Waals surface area (Å²) >= 11 is 0. The van der Waals surface area contributed by atoms with Gasteiger partial charge in [0.25, 0.3) is 0 Å². The van der Waals surface area contributed by atoms with Gasteiger partial charge < -0.3 is 15.4 Å². The van der Waals surface area contributed by atoms with Gasteiger partial charge in [0.05, 0.1) is 12.6 Å². The van der Waals surface area contributed by atoms with Crippen molar-refractivity contribution in [2.45, 2.75) is 124 Å². The zero-order valence-corrected chi connectivity index (χ0v) is 21.7. The van der Waals surface area contributed by atoms with Crippen molar-refractivity contribution in [2.75, 3.05) is 6.61 Å². The van der Waals surface area contributed by atoms with Crippen molar-refractivity contribution in [2.24, 2.45) is 0 Å². The van der Waals surface area contributed by atoms with E-state index in [1.54, 1.807) is 0 Å². The minimum absolute atomic E-state index is 0.126. The van der Waals surface area contributed by atoms with Crippen LogP contribution in [0, 0.1) is 0 Å². The molecule has 0 aliphatic carbocycles. The Labute approximate surface area is 203 Å². The maximum Gasteiger partial charge on any atom is 0.319 e. The molecule has 2 N–H and O–H groups in total. The van der Waals surface area contributed by atoms with Gasteiger partial charge in [-0.3, -0.25) is 0 Å². The number of carbonyl (C=O) groups is 1. The van der Waals surface area contributed by atoms with E-state index in [-0.39, 0.29) is 12.1 Å². The Morgan fingerprint density at radius 1 is 0.818 bits per heavy atom. The zero-order chi connectivity index (χ0) is 23.9. The second kappa shape index (κ2) is 15.8. The fourth-order valence-electron chi connectivity index (χ4n) is 4.80. The molecule has 1 atom stereocenters. The maximum atomic E-state index is 12.2. The van der Waals surface area contributed by atoms with Gasteiger partial charge in [-0.05, 0) is 50.8 Å². The number of urea groups is 1. The highest BCUT2D eigenvalue weighted by molar-refractivity contribution is 5.79. The molecule has 0 bridgehead atoms. The fraction of sp³-hybridized carbons (Fsp3) is 0.690. The molecule has 2 amide bonds. The normalized spacial score (nSPS) is 16.0. The largest absolute Gasteiger partial charge is 0.493 e. The van der Waals surface area contributed by atoms with E-state index in [1.165, 1.54) is 89.0 Å².